The Balaban J connectivity index is 1.71. The number of hydrogen-bond donors (Lipinski definition) is 2. The first-order valence-corrected chi connectivity index (χ1v) is 5.41. The third kappa shape index (κ3) is 3.09. The third-order valence-corrected chi connectivity index (χ3v) is 2.61. The van der Waals surface area contributed by atoms with Gasteiger partial charge in [0, 0.05) is 13.2 Å². The Labute approximate surface area is 89.8 Å². The van der Waals surface area contributed by atoms with Crippen molar-refractivity contribution >= 4 is 11.5 Å². The first-order chi connectivity index (χ1) is 7.34. The van der Waals surface area contributed by atoms with Crippen LogP contribution in [0.15, 0.2) is 18.3 Å². The van der Waals surface area contributed by atoms with Crippen molar-refractivity contribution in [1.29, 1.82) is 0 Å². The summed E-state index contributed by atoms with van der Waals surface area (Å²) in [7, 11) is 0. The van der Waals surface area contributed by atoms with Crippen LogP contribution in [0.1, 0.15) is 19.3 Å². The number of hydrogen-bond acceptors (Lipinski definition) is 4. The van der Waals surface area contributed by atoms with Gasteiger partial charge in [0.15, 0.2) is 0 Å². The second-order valence-electron chi connectivity index (χ2n) is 3.82. The van der Waals surface area contributed by atoms with E-state index < -0.39 is 0 Å². The number of nitrogens with one attached hydrogen (secondary N) is 1. The topological polar surface area (TPSA) is 60.2 Å². The minimum atomic E-state index is 0.444. The van der Waals surface area contributed by atoms with Crippen molar-refractivity contribution in [2.24, 2.45) is 0 Å². The maximum Gasteiger partial charge on any atom is 0.123 e. The van der Waals surface area contributed by atoms with Crippen molar-refractivity contribution in [2.75, 3.05) is 24.2 Å². The molecule has 4 nitrogen and oxygen atoms in total. The highest BCUT2D eigenvalue weighted by atomic mass is 16.5. The quantitative estimate of drug-likeness (QED) is 0.788. The van der Waals surface area contributed by atoms with Gasteiger partial charge < -0.3 is 15.8 Å². The molecule has 4 heteroatoms. The van der Waals surface area contributed by atoms with Gasteiger partial charge in [-0.3, -0.25) is 0 Å². The van der Waals surface area contributed by atoms with Gasteiger partial charge in [-0.2, -0.15) is 0 Å². The summed E-state index contributed by atoms with van der Waals surface area (Å²) >= 11 is 0. The van der Waals surface area contributed by atoms with Gasteiger partial charge in [0.05, 0.1) is 18.0 Å². The molecule has 0 aliphatic carbocycles. The molecule has 1 aromatic heterocycles. The van der Waals surface area contributed by atoms with Gasteiger partial charge >= 0.3 is 0 Å². The number of pyridine rings is 1. The van der Waals surface area contributed by atoms with Crippen molar-refractivity contribution < 1.29 is 4.74 Å². The zero-order chi connectivity index (χ0) is 10.5. The molecule has 1 atom stereocenters. The minimum Gasteiger partial charge on any atom is -0.384 e. The molecule has 1 unspecified atom stereocenters. The van der Waals surface area contributed by atoms with E-state index in [2.05, 4.69) is 10.3 Å². The van der Waals surface area contributed by atoms with Crippen molar-refractivity contribution in [1.82, 2.24) is 4.98 Å². The summed E-state index contributed by atoms with van der Waals surface area (Å²) in [5.74, 6) is 0.555. The van der Waals surface area contributed by atoms with Crippen molar-refractivity contribution in [3.05, 3.63) is 18.3 Å². The summed E-state index contributed by atoms with van der Waals surface area (Å²) < 4.78 is 5.53. The summed E-state index contributed by atoms with van der Waals surface area (Å²) in [6, 6.07) is 3.74. The Hall–Kier alpha value is -1.29. The van der Waals surface area contributed by atoms with Gasteiger partial charge in [0.25, 0.3) is 0 Å². The summed E-state index contributed by atoms with van der Waals surface area (Å²) in [4.78, 5) is 4.01. The second-order valence-corrected chi connectivity index (χ2v) is 3.82. The highest BCUT2D eigenvalue weighted by Gasteiger charge is 2.14. The Bertz CT molecular complexity index is 293. The smallest absolute Gasteiger partial charge is 0.123 e. The Morgan fingerprint density at radius 3 is 3.13 bits per heavy atom. The fourth-order valence-electron chi connectivity index (χ4n) is 1.76. The molecule has 3 N–H and O–H groups in total. The number of aromatic nitrogens is 1. The number of nitrogen functional groups attached to an aromatic ring is 1. The van der Waals surface area contributed by atoms with Crippen molar-refractivity contribution in [3.63, 3.8) is 0 Å². The van der Waals surface area contributed by atoms with Crippen LogP contribution in [0.25, 0.3) is 0 Å². The number of nitrogens with two attached hydrogens (primary N) is 1. The first kappa shape index (κ1) is 10.2. The van der Waals surface area contributed by atoms with Crippen LogP contribution < -0.4 is 11.1 Å². The minimum absolute atomic E-state index is 0.444. The molecule has 0 saturated carbocycles. The third-order valence-electron chi connectivity index (χ3n) is 2.61. The molecule has 15 heavy (non-hydrogen) atoms. The number of ether oxygens (including phenoxy) is 1. The normalized spacial score (nSPS) is 20.4. The van der Waals surface area contributed by atoms with E-state index in [9.17, 15) is 0 Å². The van der Waals surface area contributed by atoms with Crippen LogP contribution >= 0.6 is 0 Å². The van der Waals surface area contributed by atoms with E-state index in [4.69, 9.17) is 10.5 Å². The van der Waals surface area contributed by atoms with Crippen LogP contribution in [0.3, 0.4) is 0 Å². The van der Waals surface area contributed by atoms with E-state index in [0.29, 0.717) is 11.9 Å². The second kappa shape index (κ2) is 4.98. The number of nitrogens with zero attached hydrogens (tertiary/aromatic N) is 1. The van der Waals surface area contributed by atoms with Crippen LogP contribution in [0, 0.1) is 0 Å². The Kier molecular flexibility index (Phi) is 3.40. The molecule has 1 aliphatic rings. The van der Waals surface area contributed by atoms with Gasteiger partial charge in [-0.05, 0) is 31.4 Å². The van der Waals surface area contributed by atoms with Crippen LogP contribution in [0.5, 0.6) is 0 Å². The van der Waals surface area contributed by atoms with Gasteiger partial charge in [-0.1, -0.05) is 0 Å². The molecule has 2 heterocycles. The van der Waals surface area contributed by atoms with Gasteiger partial charge in [-0.25, -0.2) is 4.98 Å². The molecule has 0 aromatic carbocycles. The first-order valence-electron chi connectivity index (χ1n) is 5.41. The molecule has 0 amide bonds. The van der Waals surface area contributed by atoms with Crippen LogP contribution in [0.2, 0.25) is 0 Å². The molecular weight excluding hydrogens is 190 g/mol. The molecule has 0 radical (unpaired) electrons. The lowest BCUT2D eigenvalue weighted by Crippen LogP contribution is -2.12. The van der Waals surface area contributed by atoms with E-state index >= 15 is 0 Å². The van der Waals surface area contributed by atoms with Gasteiger partial charge in [0.2, 0.25) is 0 Å². The summed E-state index contributed by atoms with van der Waals surface area (Å²) in [5, 5.41) is 3.30. The van der Waals surface area contributed by atoms with E-state index in [1.807, 2.05) is 6.07 Å². The van der Waals surface area contributed by atoms with Crippen molar-refractivity contribution in [2.45, 2.75) is 25.4 Å². The van der Waals surface area contributed by atoms with Gasteiger partial charge in [0.1, 0.15) is 5.82 Å². The van der Waals surface area contributed by atoms with Crippen LogP contribution in [-0.2, 0) is 4.74 Å². The summed E-state index contributed by atoms with van der Waals surface area (Å²) in [6.07, 6.45) is 5.66. The fraction of sp³-hybridized carbons (Fsp3) is 0.545. The molecule has 0 spiro atoms. The largest absolute Gasteiger partial charge is 0.384 e. The number of rotatable bonds is 4. The zero-order valence-corrected chi connectivity index (χ0v) is 8.78. The molecule has 1 saturated heterocycles. The van der Waals surface area contributed by atoms with E-state index in [1.54, 1.807) is 12.3 Å². The number of anilines is 2. The molecule has 2 rings (SSSR count). The lowest BCUT2D eigenvalue weighted by atomic mass is 10.2. The average Bonchev–Trinajstić information content (AvgIpc) is 2.74. The molecule has 1 aliphatic heterocycles. The molecule has 1 aromatic rings. The van der Waals surface area contributed by atoms with E-state index in [0.717, 1.165) is 25.3 Å². The standard InChI is InChI=1S/C11H17N3O/c12-11-4-3-9(8-14-11)13-6-5-10-2-1-7-15-10/h3-4,8,10,13H,1-2,5-7H2,(H2,12,14). The Morgan fingerprint density at radius 2 is 2.47 bits per heavy atom. The SMILES string of the molecule is Nc1ccc(NCCC2CCCO2)cn1. The van der Waals surface area contributed by atoms with Crippen LogP contribution in [-0.4, -0.2) is 24.2 Å². The molecule has 0 bridgehead atoms. The highest BCUT2D eigenvalue weighted by Crippen LogP contribution is 2.15. The Morgan fingerprint density at radius 1 is 1.53 bits per heavy atom. The maximum atomic E-state index is 5.53. The maximum absolute atomic E-state index is 5.53. The van der Waals surface area contributed by atoms with Gasteiger partial charge in [-0.15, -0.1) is 0 Å². The highest BCUT2D eigenvalue weighted by molar-refractivity contribution is 5.45. The monoisotopic (exact) mass is 207 g/mol. The molecule has 82 valence electrons. The fourth-order valence-corrected chi connectivity index (χ4v) is 1.76. The lowest BCUT2D eigenvalue weighted by molar-refractivity contribution is 0.107. The summed E-state index contributed by atoms with van der Waals surface area (Å²) in [6.45, 7) is 1.85. The average molecular weight is 207 g/mol. The lowest BCUT2D eigenvalue weighted by Gasteiger charge is -2.10. The predicted octanol–water partition coefficient (Wildman–Crippen LogP) is 1.64. The molecular formula is C11H17N3O. The molecule has 1 fully saturated rings. The van der Waals surface area contributed by atoms with Crippen LogP contribution in [0.4, 0.5) is 11.5 Å². The summed E-state index contributed by atoms with van der Waals surface area (Å²) in [5.41, 5.74) is 6.51. The van der Waals surface area contributed by atoms with Crippen molar-refractivity contribution in [3.8, 4) is 0 Å². The predicted molar refractivity (Wildman–Crippen MR) is 60.7 cm³/mol. The van der Waals surface area contributed by atoms with E-state index in [-0.39, 0.29) is 0 Å². The zero-order valence-electron chi connectivity index (χ0n) is 8.78. The van der Waals surface area contributed by atoms with E-state index in [1.165, 1.54) is 12.8 Å².